The largest absolute Gasteiger partial charge is 0.207 e. The van der Waals surface area contributed by atoms with Gasteiger partial charge < -0.3 is 0 Å². The number of aryl methyl sites for hydroxylation is 1. The van der Waals surface area contributed by atoms with Crippen LogP contribution in [0.15, 0.2) is 36.4 Å². The molecule has 2 aromatic rings. The highest BCUT2D eigenvalue weighted by Crippen LogP contribution is 2.28. The van der Waals surface area contributed by atoms with Gasteiger partial charge in [0.25, 0.3) is 0 Å². The summed E-state index contributed by atoms with van der Waals surface area (Å²) in [5.41, 5.74) is 2.12. The van der Waals surface area contributed by atoms with Crippen molar-refractivity contribution in [1.29, 1.82) is 0 Å². The second kappa shape index (κ2) is 5.66. The van der Waals surface area contributed by atoms with E-state index in [0.717, 1.165) is 23.3 Å². The van der Waals surface area contributed by atoms with Crippen LogP contribution < -0.4 is 0 Å². The molecule has 0 amide bonds. The highest BCUT2D eigenvalue weighted by molar-refractivity contribution is 6.21. The molecule has 1 atom stereocenters. The third-order valence-corrected chi connectivity index (χ3v) is 3.36. The van der Waals surface area contributed by atoms with E-state index in [2.05, 4.69) is 0 Å². The van der Waals surface area contributed by atoms with Crippen molar-refractivity contribution in [2.45, 2.75) is 18.7 Å². The van der Waals surface area contributed by atoms with Crippen LogP contribution in [0, 0.1) is 24.4 Å². The number of halogens is 4. The minimum absolute atomic E-state index is 0.321. The summed E-state index contributed by atoms with van der Waals surface area (Å²) < 4.78 is 38.9. The first-order valence-corrected chi connectivity index (χ1v) is 6.25. The number of alkyl halides is 1. The summed E-state index contributed by atoms with van der Waals surface area (Å²) in [6.07, 6.45) is 0.352. The summed E-state index contributed by atoms with van der Waals surface area (Å²) in [6.45, 7) is 1.76. The van der Waals surface area contributed by atoms with E-state index in [-0.39, 0.29) is 5.82 Å². The van der Waals surface area contributed by atoms with Gasteiger partial charge in [0.1, 0.15) is 5.82 Å². The van der Waals surface area contributed by atoms with Gasteiger partial charge in [-0.25, -0.2) is 13.2 Å². The Bertz CT molecular complexity index is 596. The average Bonchev–Trinajstić information content (AvgIpc) is 2.33. The maximum absolute atomic E-state index is 13.1. The van der Waals surface area contributed by atoms with E-state index in [4.69, 9.17) is 11.6 Å². The molecule has 0 N–H and O–H groups in total. The van der Waals surface area contributed by atoms with Gasteiger partial charge in [0.2, 0.25) is 0 Å². The van der Waals surface area contributed by atoms with E-state index in [1.807, 2.05) is 0 Å². The molecule has 0 radical (unpaired) electrons. The van der Waals surface area contributed by atoms with Crippen LogP contribution >= 0.6 is 11.6 Å². The van der Waals surface area contributed by atoms with Gasteiger partial charge in [0.05, 0.1) is 5.38 Å². The summed E-state index contributed by atoms with van der Waals surface area (Å²) in [5.74, 6) is -2.09. The fraction of sp³-hybridized carbons (Fsp3) is 0.200. The van der Waals surface area contributed by atoms with E-state index in [1.54, 1.807) is 13.0 Å². The average molecular weight is 285 g/mol. The van der Waals surface area contributed by atoms with E-state index < -0.39 is 17.0 Å². The van der Waals surface area contributed by atoms with Gasteiger partial charge in [-0.1, -0.05) is 12.1 Å². The van der Waals surface area contributed by atoms with Gasteiger partial charge in [0, 0.05) is 0 Å². The van der Waals surface area contributed by atoms with Gasteiger partial charge in [-0.05, 0) is 54.3 Å². The van der Waals surface area contributed by atoms with Gasteiger partial charge in [-0.2, -0.15) is 0 Å². The minimum Gasteiger partial charge on any atom is -0.207 e. The molecule has 0 spiro atoms. The Morgan fingerprint density at radius 2 is 1.74 bits per heavy atom. The van der Waals surface area contributed by atoms with Crippen LogP contribution in [-0.2, 0) is 6.42 Å². The van der Waals surface area contributed by atoms with Crippen molar-refractivity contribution in [3.05, 3.63) is 70.5 Å². The zero-order chi connectivity index (χ0) is 14.0. The van der Waals surface area contributed by atoms with Gasteiger partial charge in [-0.15, -0.1) is 11.6 Å². The Balaban J connectivity index is 2.20. The SMILES string of the molecule is Cc1cc(F)ccc1C(Cl)Cc1ccc(F)c(F)c1. The molecule has 0 aromatic heterocycles. The smallest absolute Gasteiger partial charge is 0.159 e. The lowest BCUT2D eigenvalue weighted by Gasteiger charge is -2.13. The first-order valence-electron chi connectivity index (χ1n) is 5.81. The molecule has 0 nitrogen and oxygen atoms in total. The molecule has 0 heterocycles. The lowest BCUT2D eigenvalue weighted by Crippen LogP contribution is -2.00. The van der Waals surface area contributed by atoms with Gasteiger partial charge >= 0.3 is 0 Å². The maximum atomic E-state index is 13.1. The monoisotopic (exact) mass is 284 g/mol. The highest BCUT2D eigenvalue weighted by Gasteiger charge is 2.13. The zero-order valence-electron chi connectivity index (χ0n) is 10.3. The summed E-state index contributed by atoms with van der Waals surface area (Å²) in [4.78, 5) is 0. The molecule has 2 rings (SSSR count). The van der Waals surface area contributed by atoms with Gasteiger partial charge in [-0.3, -0.25) is 0 Å². The predicted molar refractivity (Wildman–Crippen MR) is 69.8 cm³/mol. The Morgan fingerprint density at radius 1 is 1.00 bits per heavy atom. The summed E-state index contributed by atoms with van der Waals surface area (Å²) in [7, 11) is 0. The van der Waals surface area contributed by atoms with Gasteiger partial charge in [0.15, 0.2) is 11.6 Å². The highest BCUT2D eigenvalue weighted by atomic mass is 35.5. The quantitative estimate of drug-likeness (QED) is 0.701. The topological polar surface area (TPSA) is 0 Å². The number of hydrogen-bond donors (Lipinski definition) is 0. The Morgan fingerprint density at radius 3 is 2.37 bits per heavy atom. The maximum Gasteiger partial charge on any atom is 0.159 e. The number of benzene rings is 2. The van der Waals surface area contributed by atoms with E-state index in [1.165, 1.54) is 18.2 Å². The molecule has 0 bridgehead atoms. The lowest BCUT2D eigenvalue weighted by atomic mass is 10.00. The van der Waals surface area contributed by atoms with Crippen molar-refractivity contribution < 1.29 is 13.2 Å². The second-order valence-corrected chi connectivity index (χ2v) is 4.95. The molecule has 0 fully saturated rings. The van der Waals surface area contributed by atoms with Crippen LogP contribution in [0.5, 0.6) is 0 Å². The Kier molecular flexibility index (Phi) is 4.15. The van der Waals surface area contributed by atoms with Crippen molar-refractivity contribution in [2.75, 3.05) is 0 Å². The molecule has 0 aliphatic rings. The van der Waals surface area contributed by atoms with Crippen molar-refractivity contribution in [1.82, 2.24) is 0 Å². The van der Waals surface area contributed by atoms with Crippen LogP contribution in [0.4, 0.5) is 13.2 Å². The van der Waals surface area contributed by atoms with E-state index in [9.17, 15) is 13.2 Å². The van der Waals surface area contributed by atoms with Crippen LogP contribution in [0.3, 0.4) is 0 Å². The molecular formula is C15H12ClF3. The van der Waals surface area contributed by atoms with Crippen LogP contribution in [0.1, 0.15) is 22.1 Å². The summed E-state index contributed by atoms with van der Waals surface area (Å²) >= 11 is 6.25. The molecule has 1 unspecified atom stereocenters. The molecule has 0 aliphatic carbocycles. The van der Waals surface area contributed by atoms with E-state index in [0.29, 0.717) is 12.0 Å². The summed E-state index contributed by atoms with van der Waals surface area (Å²) in [5, 5.41) is -0.412. The standard InChI is InChI=1S/C15H12ClF3/c1-9-6-11(17)3-4-12(9)13(16)7-10-2-5-14(18)15(19)8-10/h2-6,8,13H,7H2,1H3. The Hall–Kier alpha value is -1.48. The van der Waals surface area contributed by atoms with Crippen molar-refractivity contribution in [3.8, 4) is 0 Å². The molecule has 19 heavy (non-hydrogen) atoms. The zero-order valence-corrected chi connectivity index (χ0v) is 11.0. The van der Waals surface area contributed by atoms with Crippen LogP contribution in [-0.4, -0.2) is 0 Å². The molecule has 0 saturated carbocycles. The van der Waals surface area contributed by atoms with Crippen molar-refractivity contribution in [3.63, 3.8) is 0 Å². The first kappa shape index (κ1) is 13.9. The number of hydrogen-bond acceptors (Lipinski definition) is 0. The molecule has 0 saturated heterocycles. The van der Waals surface area contributed by atoms with Crippen LogP contribution in [0.2, 0.25) is 0 Å². The second-order valence-electron chi connectivity index (χ2n) is 4.42. The fourth-order valence-corrected chi connectivity index (χ4v) is 2.40. The minimum atomic E-state index is -0.891. The lowest BCUT2D eigenvalue weighted by molar-refractivity contribution is 0.507. The third kappa shape index (κ3) is 3.29. The molecule has 100 valence electrons. The van der Waals surface area contributed by atoms with E-state index >= 15 is 0 Å². The third-order valence-electron chi connectivity index (χ3n) is 2.97. The summed E-state index contributed by atoms with van der Waals surface area (Å²) in [6, 6.07) is 8.04. The van der Waals surface area contributed by atoms with Crippen molar-refractivity contribution >= 4 is 11.6 Å². The molecule has 2 aromatic carbocycles. The molecule has 4 heteroatoms. The van der Waals surface area contributed by atoms with Crippen molar-refractivity contribution in [2.24, 2.45) is 0 Å². The Labute approximate surface area is 114 Å². The molecule has 0 aliphatic heterocycles. The number of rotatable bonds is 3. The van der Waals surface area contributed by atoms with Crippen LogP contribution in [0.25, 0.3) is 0 Å². The molecular weight excluding hydrogens is 273 g/mol. The first-order chi connectivity index (χ1) is 8.97. The predicted octanol–water partition coefficient (Wildman–Crippen LogP) is 4.93. The normalized spacial score (nSPS) is 12.5. The fourth-order valence-electron chi connectivity index (χ4n) is 1.97.